The minimum absolute atomic E-state index is 0.261. The molecule has 0 aliphatic heterocycles. The summed E-state index contributed by atoms with van der Waals surface area (Å²) >= 11 is 0. The smallest absolute Gasteiger partial charge is 0.0364 e. The van der Waals surface area contributed by atoms with Crippen molar-refractivity contribution in [1.29, 1.82) is 0 Å². The zero-order valence-corrected chi connectivity index (χ0v) is 13.2. The summed E-state index contributed by atoms with van der Waals surface area (Å²) < 4.78 is 0. The Bertz CT molecular complexity index is 239. The normalized spacial score (nSPS) is 31.0. The van der Waals surface area contributed by atoms with Crippen LogP contribution in [0.2, 0.25) is 0 Å². The van der Waals surface area contributed by atoms with E-state index in [2.05, 4.69) is 39.5 Å². The largest absolute Gasteiger partial charge is 0.329 e. The number of hydrogen-bond acceptors (Lipinski definition) is 2. The van der Waals surface area contributed by atoms with Crippen LogP contribution in [0.15, 0.2) is 0 Å². The Balaban J connectivity index is 3.05. The molecule has 1 aliphatic carbocycles. The molecular weight excluding hydrogens is 220 g/mol. The predicted molar refractivity (Wildman–Crippen MR) is 80.7 cm³/mol. The summed E-state index contributed by atoms with van der Waals surface area (Å²) in [4.78, 5) is 2.72. The average molecular weight is 254 g/mol. The van der Waals surface area contributed by atoms with Crippen LogP contribution in [0.1, 0.15) is 66.7 Å². The van der Waals surface area contributed by atoms with Crippen molar-refractivity contribution < 1.29 is 0 Å². The Morgan fingerprint density at radius 1 is 1.22 bits per heavy atom. The second kappa shape index (κ2) is 6.91. The molecule has 2 nitrogen and oxygen atoms in total. The fourth-order valence-electron chi connectivity index (χ4n) is 4.22. The molecule has 1 rings (SSSR count). The van der Waals surface area contributed by atoms with Crippen molar-refractivity contribution in [2.75, 3.05) is 13.1 Å². The van der Waals surface area contributed by atoms with Gasteiger partial charge >= 0.3 is 0 Å². The highest BCUT2D eigenvalue weighted by Crippen LogP contribution is 2.43. The summed E-state index contributed by atoms with van der Waals surface area (Å²) in [5.41, 5.74) is 6.55. The van der Waals surface area contributed by atoms with E-state index in [1.165, 1.54) is 32.1 Å². The van der Waals surface area contributed by atoms with Crippen LogP contribution in [0, 0.1) is 11.8 Å². The van der Waals surface area contributed by atoms with Crippen LogP contribution >= 0.6 is 0 Å². The topological polar surface area (TPSA) is 29.3 Å². The van der Waals surface area contributed by atoms with Gasteiger partial charge in [-0.25, -0.2) is 0 Å². The summed E-state index contributed by atoms with van der Waals surface area (Å²) in [6.45, 7) is 13.7. The first-order valence-electron chi connectivity index (χ1n) is 8.00. The van der Waals surface area contributed by atoms with Gasteiger partial charge in [0.1, 0.15) is 0 Å². The lowest BCUT2D eigenvalue weighted by molar-refractivity contribution is -0.0344. The van der Waals surface area contributed by atoms with E-state index in [-0.39, 0.29) is 5.54 Å². The van der Waals surface area contributed by atoms with Gasteiger partial charge in [-0.1, -0.05) is 40.5 Å². The van der Waals surface area contributed by atoms with Gasteiger partial charge < -0.3 is 5.73 Å². The van der Waals surface area contributed by atoms with Gasteiger partial charge in [0.25, 0.3) is 0 Å². The first-order valence-corrected chi connectivity index (χ1v) is 8.00. The van der Waals surface area contributed by atoms with Crippen molar-refractivity contribution in [1.82, 2.24) is 4.90 Å². The lowest BCUT2D eigenvalue weighted by Gasteiger charge is -2.54. The highest BCUT2D eigenvalue weighted by atomic mass is 15.2. The zero-order valence-electron chi connectivity index (χ0n) is 13.2. The molecule has 0 aromatic carbocycles. The lowest BCUT2D eigenvalue weighted by Crippen LogP contribution is -2.63. The molecule has 1 saturated carbocycles. The Kier molecular flexibility index (Phi) is 6.13. The van der Waals surface area contributed by atoms with Gasteiger partial charge in [-0.3, -0.25) is 4.90 Å². The van der Waals surface area contributed by atoms with Gasteiger partial charge in [-0.05, 0) is 44.6 Å². The van der Waals surface area contributed by atoms with E-state index >= 15 is 0 Å². The minimum atomic E-state index is 0.261. The van der Waals surface area contributed by atoms with Gasteiger partial charge in [-0.15, -0.1) is 0 Å². The number of hydrogen-bond donors (Lipinski definition) is 1. The van der Waals surface area contributed by atoms with Gasteiger partial charge in [0.05, 0.1) is 0 Å². The van der Waals surface area contributed by atoms with Crippen molar-refractivity contribution in [2.24, 2.45) is 17.6 Å². The molecule has 108 valence electrons. The molecule has 0 amide bonds. The molecule has 0 saturated heterocycles. The Labute approximate surface area is 114 Å². The Morgan fingerprint density at radius 2 is 1.89 bits per heavy atom. The van der Waals surface area contributed by atoms with Crippen LogP contribution < -0.4 is 5.73 Å². The quantitative estimate of drug-likeness (QED) is 0.784. The van der Waals surface area contributed by atoms with E-state index in [1.54, 1.807) is 0 Å². The van der Waals surface area contributed by atoms with Crippen LogP contribution in [0.25, 0.3) is 0 Å². The Hall–Kier alpha value is -0.0800. The maximum atomic E-state index is 6.29. The first-order chi connectivity index (χ1) is 8.53. The first kappa shape index (κ1) is 16.0. The molecule has 0 radical (unpaired) electrons. The zero-order chi connectivity index (χ0) is 13.8. The number of likely N-dealkylation sites (N-methyl/N-ethyl adjacent to an activating group) is 1. The van der Waals surface area contributed by atoms with E-state index in [1.807, 2.05) is 0 Å². The van der Waals surface area contributed by atoms with Gasteiger partial charge in [0.15, 0.2) is 0 Å². The summed E-state index contributed by atoms with van der Waals surface area (Å²) in [7, 11) is 0. The number of nitrogens with zero attached hydrogens (tertiary/aromatic N) is 1. The molecule has 0 aromatic heterocycles. The molecular formula is C16H34N2. The molecule has 3 atom stereocenters. The molecule has 0 aromatic rings. The molecule has 1 fully saturated rings. The predicted octanol–water partition coefficient (Wildman–Crippen LogP) is 3.65. The SMILES string of the molecule is CCC(C)N(CC)C1(CN)CCCCC1C(C)C. The van der Waals surface area contributed by atoms with Crippen LogP contribution in [0.3, 0.4) is 0 Å². The highest BCUT2D eigenvalue weighted by Gasteiger charge is 2.45. The number of rotatable bonds is 6. The van der Waals surface area contributed by atoms with Crippen molar-refractivity contribution in [3.8, 4) is 0 Å². The van der Waals surface area contributed by atoms with E-state index in [0.717, 1.165) is 24.9 Å². The van der Waals surface area contributed by atoms with Crippen molar-refractivity contribution in [3.05, 3.63) is 0 Å². The third-order valence-corrected chi connectivity index (χ3v) is 5.26. The van der Waals surface area contributed by atoms with E-state index in [9.17, 15) is 0 Å². The standard InChI is InChI=1S/C16H34N2/c1-6-14(5)18(7-2)16(12-17)11-9-8-10-15(16)13(3)4/h13-15H,6-12,17H2,1-5H3. The third kappa shape index (κ3) is 2.91. The molecule has 2 heteroatoms. The maximum Gasteiger partial charge on any atom is 0.0364 e. The molecule has 0 heterocycles. The minimum Gasteiger partial charge on any atom is -0.329 e. The van der Waals surface area contributed by atoms with Crippen molar-refractivity contribution in [3.63, 3.8) is 0 Å². The fourth-order valence-corrected chi connectivity index (χ4v) is 4.22. The molecule has 2 N–H and O–H groups in total. The molecule has 3 unspecified atom stereocenters. The molecule has 0 spiro atoms. The molecule has 18 heavy (non-hydrogen) atoms. The second-order valence-electron chi connectivity index (χ2n) is 6.45. The van der Waals surface area contributed by atoms with E-state index in [4.69, 9.17) is 5.73 Å². The van der Waals surface area contributed by atoms with Gasteiger partial charge in [-0.2, -0.15) is 0 Å². The average Bonchev–Trinajstić information content (AvgIpc) is 2.39. The monoisotopic (exact) mass is 254 g/mol. The molecule has 0 bridgehead atoms. The summed E-state index contributed by atoms with van der Waals surface area (Å²) in [6.07, 6.45) is 6.63. The lowest BCUT2D eigenvalue weighted by atomic mass is 9.66. The van der Waals surface area contributed by atoms with Crippen molar-refractivity contribution in [2.45, 2.75) is 78.3 Å². The van der Waals surface area contributed by atoms with Crippen LogP contribution in [0.4, 0.5) is 0 Å². The van der Waals surface area contributed by atoms with Crippen LogP contribution in [-0.2, 0) is 0 Å². The highest BCUT2D eigenvalue weighted by molar-refractivity contribution is 5.01. The summed E-state index contributed by atoms with van der Waals surface area (Å²) in [5.74, 6) is 1.51. The summed E-state index contributed by atoms with van der Waals surface area (Å²) in [5, 5.41) is 0. The van der Waals surface area contributed by atoms with Gasteiger partial charge in [0, 0.05) is 18.1 Å². The number of nitrogens with two attached hydrogens (primary N) is 1. The summed E-state index contributed by atoms with van der Waals surface area (Å²) in [6, 6.07) is 0.651. The van der Waals surface area contributed by atoms with E-state index < -0.39 is 0 Å². The second-order valence-corrected chi connectivity index (χ2v) is 6.45. The fraction of sp³-hybridized carbons (Fsp3) is 1.00. The third-order valence-electron chi connectivity index (χ3n) is 5.26. The van der Waals surface area contributed by atoms with E-state index in [0.29, 0.717) is 6.04 Å². The van der Waals surface area contributed by atoms with Crippen molar-refractivity contribution >= 4 is 0 Å². The molecule has 1 aliphatic rings. The maximum absolute atomic E-state index is 6.29. The van der Waals surface area contributed by atoms with Crippen LogP contribution in [0.5, 0.6) is 0 Å². The van der Waals surface area contributed by atoms with Gasteiger partial charge in [0.2, 0.25) is 0 Å². The Morgan fingerprint density at radius 3 is 2.33 bits per heavy atom. The van der Waals surface area contributed by atoms with Crippen LogP contribution in [-0.4, -0.2) is 29.6 Å².